The molecule has 0 saturated heterocycles. The van der Waals surface area contributed by atoms with Crippen molar-refractivity contribution in [3.05, 3.63) is 52.7 Å². The number of pyridine rings is 1. The molecule has 4 nitrogen and oxygen atoms in total. The van der Waals surface area contributed by atoms with Crippen LogP contribution in [0.1, 0.15) is 16.1 Å². The molecule has 0 fully saturated rings. The zero-order valence-electron chi connectivity index (χ0n) is 13.0. The predicted molar refractivity (Wildman–Crippen MR) is 90.3 cm³/mol. The Morgan fingerprint density at radius 1 is 1.14 bits per heavy atom. The third-order valence-corrected chi connectivity index (χ3v) is 4.41. The van der Waals surface area contributed by atoms with Crippen molar-refractivity contribution in [1.29, 1.82) is 0 Å². The molecule has 5 heteroatoms. The number of hydrogen-bond donors (Lipinski definition) is 0. The van der Waals surface area contributed by atoms with Gasteiger partial charge in [0.15, 0.2) is 0 Å². The monoisotopic (exact) mass is 313 g/mol. The van der Waals surface area contributed by atoms with Gasteiger partial charge in [-0.3, -0.25) is 4.90 Å². The van der Waals surface area contributed by atoms with Crippen LogP contribution in [0.2, 0.25) is 0 Å². The average molecular weight is 313 g/mol. The molecule has 22 heavy (non-hydrogen) atoms. The fourth-order valence-electron chi connectivity index (χ4n) is 2.49. The number of hydrogen-bond acceptors (Lipinski definition) is 5. The molecule has 2 aromatic heterocycles. The number of aromatic nitrogens is 2. The highest BCUT2D eigenvalue weighted by atomic mass is 32.1. The number of rotatable bonds is 5. The largest absolute Gasteiger partial charge is 0.481 e. The lowest BCUT2D eigenvalue weighted by Crippen LogP contribution is -2.17. The van der Waals surface area contributed by atoms with Crippen LogP contribution in [0.4, 0.5) is 0 Å². The van der Waals surface area contributed by atoms with Crippen LogP contribution in [0.15, 0.2) is 36.5 Å². The van der Waals surface area contributed by atoms with E-state index in [1.165, 1.54) is 15.8 Å². The van der Waals surface area contributed by atoms with E-state index in [-0.39, 0.29) is 0 Å². The van der Waals surface area contributed by atoms with E-state index in [0.29, 0.717) is 5.88 Å². The van der Waals surface area contributed by atoms with Crippen LogP contribution in [0.3, 0.4) is 0 Å². The summed E-state index contributed by atoms with van der Waals surface area (Å²) in [6, 6.07) is 10.5. The normalized spacial score (nSPS) is 11.3. The van der Waals surface area contributed by atoms with Crippen LogP contribution in [-0.4, -0.2) is 29.0 Å². The van der Waals surface area contributed by atoms with E-state index in [4.69, 9.17) is 4.74 Å². The molecular weight excluding hydrogens is 294 g/mol. The third kappa shape index (κ3) is 3.43. The molecule has 1 aromatic carbocycles. The van der Waals surface area contributed by atoms with Crippen molar-refractivity contribution in [3.63, 3.8) is 0 Å². The lowest BCUT2D eigenvalue weighted by Gasteiger charge is -2.16. The number of benzene rings is 1. The molecule has 0 unspecified atom stereocenters. The Bertz CT molecular complexity index is 767. The highest BCUT2D eigenvalue weighted by Crippen LogP contribution is 2.23. The van der Waals surface area contributed by atoms with E-state index >= 15 is 0 Å². The summed E-state index contributed by atoms with van der Waals surface area (Å²) in [4.78, 5) is 11.0. The average Bonchev–Trinajstić information content (AvgIpc) is 2.87. The van der Waals surface area contributed by atoms with Crippen molar-refractivity contribution in [2.75, 3.05) is 14.2 Å². The Kier molecular flexibility index (Phi) is 4.36. The van der Waals surface area contributed by atoms with Crippen molar-refractivity contribution in [2.45, 2.75) is 20.0 Å². The van der Waals surface area contributed by atoms with E-state index in [2.05, 4.69) is 46.2 Å². The van der Waals surface area contributed by atoms with Crippen molar-refractivity contribution in [2.24, 2.45) is 0 Å². The zero-order chi connectivity index (χ0) is 15.5. The first-order valence-electron chi connectivity index (χ1n) is 7.17. The van der Waals surface area contributed by atoms with E-state index in [1.807, 2.05) is 19.2 Å². The highest BCUT2D eigenvalue weighted by Gasteiger charge is 2.06. The lowest BCUT2D eigenvalue weighted by molar-refractivity contribution is 0.318. The van der Waals surface area contributed by atoms with Gasteiger partial charge in [0.25, 0.3) is 0 Å². The topological polar surface area (TPSA) is 38.2 Å². The summed E-state index contributed by atoms with van der Waals surface area (Å²) in [6.07, 6.45) is 1.87. The molecule has 0 aliphatic heterocycles. The lowest BCUT2D eigenvalue weighted by atomic mass is 10.2. The minimum atomic E-state index is 0.650. The standard InChI is InChI=1S/C17H19N3OS/c1-12-19-15-6-4-13(8-16(15)22-12)10-20(2)11-14-5-7-17(21-3)18-9-14/h4-9H,10-11H2,1-3H3. The van der Waals surface area contributed by atoms with Crippen LogP contribution < -0.4 is 4.74 Å². The maximum Gasteiger partial charge on any atom is 0.212 e. The minimum Gasteiger partial charge on any atom is -0.481 e. The van der Waals surface area contributed by atoms with Crippen LogP contribution in [-0.2, 0) is 13.1 Å². The van der Waals surface area contributed by atoms with Crippen LogP contribution >= 0.6 is 11.3 Å². The van der Waals surface area contributed by atoms with Crippen LogP contribution in [0.5, 0.6) is 5.88 Å². The molecule has 0 aliphatic carbocycles. The first-order chi connectivity index (χ1) is 10.6. The number of aryl methyl sites for hydroxylation is 1. The summed E-state index contributed by atoms with van der Waals surface area (Å²) >= 11 is 1.75. The smallest absolute Gasteiger partial charge is 0.212 e. The molecule has 0 spiro atoms. The number of fused-ring (bicyclic) bond motifs is 1. The third-order valence-electron chi connectivity index (χ3n) is 3.47. The fourth-order valence-corrected chi connectivity index (χ4v) is 3.38. The molecule has 0 atom stereocenters. The second-order valence-corrected chi connectivity index (χ2v) is 6.65. The van der Waals surface area contributed by atoms with Crippen LogP contribution in [0.25, 0.3) is 10.2 Å². The van der Waals surface area contributed by atoms with Gasteiger partial charge in [0.05, 0.1) is 22.3 Å². The number of methoxy groups -OCH3 is 1. The molecular formula is C17H19N3OS. The Morgan fingerprint density at radius 2 is 1.91 bits per heavy atom. The predicted octanol–water partition coefficient (Wildman–Crippen LogP) is 3.64. The molecule has 0 bridgehead atoms. The summed E-state index contributed by atoms with van der Waals surface area (Å²) in [7, 11) is 3.75. The summed E-state index contributed by atoms with van der Waals surface area (Å²) < 4.78 is 6.34. The molecule has 3 aromatic rings. The number of thiazole rings is 1. The minimum absolute atomic E-state index is 0.650. The van der Waals surface area contributed by atoms with Gasteiger partial charge in [-0.1, -0.05) is 12.1 Å². The summed E-state index contributed by atoms with van der Waals surface area (Å²) in [5, 5.41) is 1.12. The van der Waals surface area contributed by atoms with Gasteiger partial charge in [-0.2, -0.15) is 0 Å². The Hall–Kier alpha value is -1.98. The van der Waals surface area contributed by atoms with E-state index in [0.717, 1.165) is 23.6 Å². The van der Waals surface area contributed by atoms with Gasteiger partial charge in [-0.25, -0.2) is 9.97 Å². The van der Waals surface area contributed by atoms with Crippen molar-refractivity contribution >= 4 is 21.6 Å². The number of nitrogens with zero attached hydrogens (tertiary/aromatic N) is 3. The summed E-state index contributed by atoms with van der Waals surface area (Å²) in [6.45, 7) is 3.81. The van der Waals surface area contributed by atoms with Gasteiger partial charge in [0.1, 0.15) is 0 Å². The van der Waals surface area contributed by atoms with Crippen molar-refractivity contribution in [3.8, 4) is 5.88 Å². The zero-order valence-corrected chi connectivity index (χ0v) is 13.9. The van der Waals surface area contributed by atoms with Crippen molar-refractivity contribution in [1.82, 2.24) is 14.9 Å². The van der Waals surface area contributed by atoms with Gasteiger partial charge in [0.2, 0.25) is 5.88 Å². The van der Waals surface area contributed by atoms with Gasteiger partial charge < -0.3 is 4.74 Å². The van der Waals surface area contributed by atoms with Gasteiger partial charge >= 0.3 is 0 Å². The molecule has 3 rings (SSSR count). The molecule has 0 amide bonds. The van der Waals surface area contributed by atoms with Crippen LogP contribution in [0, 0.1) is 6.92 Å². The maximum atomic E-state index is 5.08. The Balaban J connectivity index is 1.67. The maximum absolute atomic E-state index is 5.08. The molecule has 0 aliphatic rings. The summed E-state index contributed by atoms with van der Waals surface area (Å²) in [5.41, 5.74) is 3.58. The molecule has 0 radical (unpaired) electrons. The SMILES string of the molecule is COc1ccc(CN(C)Cc2ccc3nc(C)sc3c2)cn1. The molecule has 114 valence electrons. The first kappa shape index (κ1) is 14.9. The second-order valence-electron chi connectivity index (χ2n) is 5.42. The van der Waals surface area contributed by atoms with E-state index in [1.54, 1.807) is 18.4 Å². The molecule has 2 heterocycles. The molecule has 0 N–H and O–H groups in total. The first-order valence-corrected chi connectivity index (χ1v) is 7.99. The highest BCUT2D eigenvalue weighted by molar-refractivity contribution is 7.18. The quantitative estimate of drug-likeness (QED) is 0.721. The van der Waals surface area contributed by atoms with Gasteiger partial charge in [-0.05, 0) is 37.2 Å². The van der Waals surface area contributed by atoms with Gasteiger partial charge in [0, 0.05) is 25.4 Å². The van der Waals surface area contributed by atoms with E-state index < -0.39 is 0 Å². The number of ether oxygens (including phenoxy) is 1. The fraction of sp³-hybridized carbons (Fsp3) is 0.294. The van der Waals surface area contributed by atoms with Gasteiger partial charge in [-0.15, -0.1) is 11.3 Å². The van der Waals surface area contributed by atoms with E-state index in [9.17, 15) is 0 Å². The summed E-state index contributed by atoms with van der Waals surface area (Å²) in [5.74, 6) is 0.650. The Labute approximate surface area is 134 Å². The second kappa shape index (κ2) is 6.42. The molecule has 0 saturated carbocycles. The van der Waals surface area contributed by atoms with Crippen molar-refractivity contribution < 1.29 is 4.74 Å². The Morgan fingerprint density at radius 3 is 2.64 bits per heavy atom.